The van der Waals surface area contributed by atoms with Gasteiger partial charge in [0.05, 0.1) is 27.2 Å². The van der Waals surface area contributed by atoms with Crippen LogP contribution in [0.5, 0.6) is 11.5 Å². The van der Waals surface area contributed by atoms with Gasteiger partial charge < -0.3 is 28.1 Å². The molecule has 0 radical (unpaired) electrons. The molecule has 1 aliphatic carbocycles. The van der Waals surface area contributed by atoms with E-state index in [9.17, 15) is 0 Å². The first-order chi connectivity index (χ1) is 32.5. The molecule has 6 nitrogen and oxygen atoms in total. The number of alkyl halides is 6. The zero-order chi connectivity index (χ0) is 50.3. The average Bonchev–Trinajstić information content (AvgIpc) is 4.14. The Morgan fingerprint density at radius 1 is 0.580 bits per heavy atom. The highest BCUT2D eigenvalue weighted by Crippen LogP contribution is 2.68. The van der Waals surface area contributed by atoms with Crippen molar-refractivity contribution in [3.8, 4) is 42.3 Å². The smallest absolute Gasteiger partial charge is 0.380 e. The first kappa shape index (κ1) is 52.9. The summed E-state index contributed by atoms with van der Waals surface area (Å²) in [4.78, 5) is 2.91. The number of furan rings is 1. The lowest BCUT2D eigenvalue weighted by Gasteiger charge is -2.31. The van der Waals surface area contributed by atoms with Gasteiger partial charge in [0, 0.05) is 99.9 Å². The molecule has 2 aromatic carbocycles. The van der Waals surface area contributed by atoms with Gasteiger partial charge in [-0.2, -0.15) is 26.3 Å². The Kier molecular flexibility index (Phi) is 15.6. The lowest BCUT2D eigenvalue weighted by Crippen LogP contribution is -2.48. The summed E-state index contributed by atoms with van der Waals surface area (Å²) in [6, 6.07) is 21.3. The van der Waals surface area contributed by atoms with Gasteiger partial charge in [-0.25, -0.2) is 0 Å². The zero-order valence-electron chi connectivity index (χ0n) is 41.2. The second-order valence-corrected chi connectivity index (χ2v) is 28.0. The third-order valence-electron chi connectivity index (χ3n) is 13.1. The number of allylic oxidation sites excluding steroid dienone is 2. The summed E-state index contributed by atoms with van der Waals surface area (Å²) in [6.07, 6.45) is 2.38. The number of benzene rings is 2. The van der Waals surface area contributed by atoms with Crippen molar-refractivity contribution in [3.63, 3.8) is 0 Å². The molecule has 16 heteroatoms. The van der Waals surface area contributed by atoms with Crippen LogP contribution in [0.4, 0.5) is 26.3 Å². The highest BCUT2D eigenvalue weighted by Gasteiger charge is 2.81. The molecule has 0 atom stereocenters. The summed E-state index contributed by atoms with van der Waals surface area (Å²) in [5.74, 6) is -16.7. The fraction of sp³-hybridized carbons (Fsp3) is 0.472. The van der Waals surface area contributed by atoms with Gasteiger partial charge in [-0.1, -0.05) is 90.0 Å². The third-order valence-corrected chi connectivity index (χ3v) is 23.7. The number of hydrogen-bond acceptors (Lipinski definition) is 9. The van der Waals surface area contributed by atoms with Crippen molar-refractivity contribution in [2.75, 3.05) is 55.4 Å². The molecule has 0 amide bonds. The minimum absolute atomic E-state index is 0.0436. The maximum absolute atomic E-state index is 17.4. The van der Waals surface area contributed by atoms with Crippen molar-refractivity contribution in [3.05, 3.63) is 88.3 Å². The molecule has 4 aromatic heterocycles. The van der Waals surface area contributed by atoms with Crippen LogP contribution in [-0.2, 0) is 25.0 Å². The van der Waals surface area contributed by atoms with Gasteiger partial charge >= 0.3 is 17.8 Å². The van der Waals surface area contributed by atoms with E-state index < -0.39 is 42.6 Å². The largest absolute Gasteiger partial charge is 0.493 e. The maximum Gasteiger partial charge on any atom is 0.380 e. The van der Waals surface area contributed by atoms with Gasteiger partial charge in [-0.05, 0) is 70.5 Å². The molecular weight excluding hydrogens is 971 g/mol. The Hall–Kier alpha value is -3.90. The van der Waals surface area contributed by atoms with Crippen LogP contribution in [0, 0.1) is 0 Å². The number of thiophene rings is 3. The van der Waals surface area contributed by atoms with Crippen LogP contribution in [0.1, 0.15) is 82.4 Å². The van der Waals surface area contributed by atoms with Crippen molar-refractivity contribution in [2.24, 2.45) is 0 Å². The maximum atomic E-state index is 17.4. The van der Waals surface area contributed by atoms with Gasteiger partial charge in [-0.15, -0.1) is 34.0 Å². The minimum Gasteiger partial charge on any atom is -0.493 e. The quantitative estimate of drug-likeness (QED) is 0.0431. The van der Waals surface area contributed by atoms with Crippen LogP contribution in [0.2, 0.25) is 18.1 Å². The van der Waals surface area contributed by atoms with Crippen molar-refractivity contribution in [2.45, 2.75) is 108 Å². The molecule has 0 saturated carbocycles. The first-order valence-corrected chi connectivity index (χ1v) is 28.1. The second-order valence-electron chi connectivity index (χ2n) is 19.8. The van der Waals surface area contributed by atoms with Gasteiger partial charge in [0.2, 0.25) is 0 Å². The third kappa shape index (κ3) is 9.89. The fourth-order valence-electron chi connectivity index (χ4n) is 9.32. The Balaban J connectivity index is 1.58. The molecule has 4 heterocycles. The minimum atomic E-state index is -5.85. The molecule has 1 aliphatic rings. The highest BCUT2D eigenvalue weighted by atomic mass is 32.1. The van der Waals surface area contributed by atoms with E-state index in [1.807, 2.05) is 45.0 Å². The van der Waals surface area contributed by atoms with E-state index in [4.69, 9.17) is 28.1 Å². The molecule has 7 rings (SSSR count). The number of rotatable bonds is 20. The van der Waals surface area contributed by atoms with Crippen LogP contribution >= 0.6 is 34.0 Å². The Bertz CT molecular complexity index is 2740. The molecule has 0 spiro atoms. The number of fused-ring (bicyclic) bond motifs is 1. The summed E-state index contributed by atoms with van der Waals surface area (Å²) >= 11 is 4.03. The van der Waals surface area contributed by atoms with Crippen LogP contribution in [0.15, 0.2) is 71.1 Å². The lowest BCUT2D eigenvalue weighted by molar-refractivity contribution is -0.254. The lowest BCUT2D eigenvalue weighted by atomic mass is 9.86. The molecule has 69 heavy (non-hydrogen) atoms. The number of ether oxygens (including phenoxy) is 5. The van der Waals surface area contributed by atoms with Crippen LogP contribution < -0.4 is 14.0 Å². The van der Waals surface area contributed by atoms with E-state index in [-0.39, 0.29) is 55.1 Å². The highest BCUT2D eigenvalue weighted by molar-refractivity contribution is 7.32. The van der Waals surface area contributed by atoms with Crippen LogP contribution in [0.25, 0.3) is 52.9 Å². The fourth-order valence-corrected chi connectivity index (χ4v) is 19.0. The van der Waals surface area contributed by atoms with Crippen molar-refractivity contribution >= 4 is 68.7 Å². The predicted octanol–water partition coefficient (Wildman–Crippen LogP) is 15.8. The zero-order valence-corrected chi connectivity index (χ0v) is 44.6. The molecule has 0 fully saturated rings. The van der Waals surface area contributed by atoms with Gasteiger partial charge in [0.15, 0.2) is 11.5 Å². The summed E-state index contributed by atoms with van der Waals surface area (Å²) in [5, 5.41) is -0.120. The second kappa shape index (κ2) is 20.3. The molecule has 0 unspecified atom stereocenters. The molecule has 0 aliphatic heterocycles. The van der Waals surface area contributed by atoms with E-state index in [0.29, 0.717) is 34.5 Å². The Morgan fingerprint density at radius 2 is 1.13 bits per heavy atom. The van der Waals surface area contributed by atoms with E-state index in [1.165, 1.54) is 55.1 Å². The Morgan fingerprint density at radius 3 is 1.65 bits per heavy atom. The number of halogens is 6. The standard InChI is InChI=1S/C53H62F6O6S3Si/c1-49(2,3)33-17-15-32(16-18-33)47-44(34-29-37(63-10)38(64-11)31-36(34)65-47)46-45(51(54,55)53(58,59)52(46,56)57)35-30-41(39-19-21-42(66-39)50(4,5)6)68-48(35)40-20-22-43(67-40)69(26-12-23-60-7,27-13-24-61-8)28-14-25-62-9/h15-22,29-31H,12-14,23-28H2,1-11H3. The predicted molar refractivity (Wildman–Crippen MR) is 274 cm³/mol. The normalized spacial score (nSPS) is 16.0. The topological polar surface area (TPSA) is 59.3 Å². The van der Waals surface area contributed by atoms with E-state index in [0.717, 1.165) is 63.7 Å². The number of hydrogen-bond donors (Lipinski definition) is 0. The van der Waals surface area contributed by atoms with Gasteiger partial charge in [0.1, 0.15) is 11.3 Å². The van der Waals surface area contributed by atoms with Crippen molar-refractivity contribution < 1.29 is 54.4 Å². The molecular formula is C53H62F6O6S3Si. The summed E-state index contributed by atoms with van der Waals surface area (Å²) in [7, 11) is 5.29. The summed E-state index contributed by atoms with van der Waals surface area (Å²) in [5.41, 5.74) is -3.42. The monoisotopic (exact) mass is 1030 g/mol. The van der Waals surface area contributed by atoms with Crippen LogP contribution in [0.3, 0.4) is 0 Å². The van der Waals surface area contributed by atoms with E-state index in [2.05, 4.69) is 20.8 Å². The number of methoxy groups -OCH3 is 5. The first-order valence-electron chi connectivity index (χ1n) is 23.0. The van der Waals surface area contributed by atoms with Crippen LogP contribution in [-0.4, -0.2) is 81.2 Å². The SMILES string of the molecule is COCCC[Si](CCCOC)(CCCOC)c1ccc(-c2sc(-c3ccc(C(C)(C)C)s3)cc2C2=C(c3c(-c4ccc(C(C)(C)C)cc4)oc4cc(OC)c(OC)cc34)C(F)(F)C(F)(F)C2(F)F)s1. The van der Waals surface area contributed by atoms with E-state index >= 15 is 26.3 Å². The summed E-state index contributed by atoms with van der Waals surface area (Å²) in [6.45, 7) is 13.8. The Labute approximate surface area is 414 Å². The molecule has 0 bridgehead atoms. The van der Waals surface area contributed by atoms with Gasteiger partial charge in [0.25, 0.3) is 0 Å². The summed E-state index contributed by atoms with van der Waals surface area (Å²) < 4.78 is 138. The van der Waals surface area contributed by atoms with Crippen molar-refractivity contribution in [1.82, 2.24) is 0 Å². The molecule has 6 aromatic rings. The average molecular weight is 1030 g/mol. The molecule has 374 valence electrons. The molecule has 0 N–H and O–H groups in total. The van der Waals surface area contributed by atoms with E-state index in [1.54, 1.807) is 45.6 Å². The molecule has 0 saturated heterocycles. The van der Waals surface area contributed by atoms with Crippen molar-refractivity contribution in [1.29, 1.82) is 0 Å². The van der Waals surface area contributed by atoms with Gasteiger partial charge in [-0.3, -0.25) is 0 Å².